The number of nitrogens with two attached hydrogens (primary N) is 1. The van der Waals surface area contributed by atoms with Crippen LogP contribution in [-0.4, -0.2) is 11.1 Å². The molecule has 0 amide bonds. The van der Waals surface area contributed by atoms with Crippen LogP contribution in [-0.2, 0) is 4.79 Å². The lowest BCUT2D eigenvalue weighted by atomic mass is 10.0. The number of hydrogen-bond donors (Lipinski definition) is 2. The van der Waals surface area contributed by atoms with E-state index in [1.807, 2.05) is 0 Å². The van der Waals surface area contributed by atoms with Crippen LogP contribution in [0.25, 0.3) is 0 Å². The second kappa shape index (κ2) is 5.35. The van der Waals surface area contributed by atoms with Crippen molar-refractivity contribution in [2.24, 2.45) is 5.73 Å². The Morgan fingerprint density at radius 2 is 2.07 bits per heavy atom. The van der Waals surface area contributed by atoms with Crippen LogP contribution in [0.2, 0.25) is 10.0 Å². The highest BCUT2D eigenvalue weighted by Gasteiger charge is 2.09. The highest BCUT2D eigenvalue weighted by Crippen LogP contribution is 2.26. The second-order valence-electron chi connectivity index (χ2n) is 3.21. The number of carboxylic acids is 1. The summed E-state index contributed by atoms with van der Waals surface area (Å²) in [6.45, 7) is 0. The van der Waals surface area contributed by atoms with Crippen molar-refractivity contribution in [3.05, 3.63) is 33.8 Å². The third-order valence-corrected chi connectivity index (χ3v) is 2.78. The van der Waals surface area contributed by atoms with Crippen LogP contribution in [0.1, 0.15) is 24.4 Å². The van der Waals surface area contributed by atoms with Gasteiger partial charge in [-0.3, -0.25) is 4.79 Å². The topological polar surface area (TPSA) is 63.3 Å². The number of halogens is 2. The number of carboxylic acid groups (broad SMARTS) is 1. The number of carbonyl (C=O) groups is 1. The smallest absolute Gasteiger partial charge is 0.303 e. The van der Waals surface area contributed by atoms with Crippen LogP contribution in [0.5, 0.6) is 0 Å². The zero-order valence-electron chi connectivity index (χ0n) is 7.91. The summed E-state index contributed by atoms with van der Waals surface area (Å²) in [5, 5.41) is 9.40. The van der Waals surface area contributed by atoms with Crippen LogP contribution in [0.3, 0.4) is 0 Å². The van der Waals surface area contributed by atoms with Crippen LogP contribution < -0.4 is 5.73 Å². The van der Waals surface area contributed by atoms with Gasteiger partial charge < -0.3 is 10.8 Å². The molecule has 0 spiro atoms. The molecule has 82 valence electrons. The number of aliphatic carboxylic acids is 1. The monoisotopic (exact) mass is 247 g/mol. The third kappa shape index (κ3) is 3.70. The van der Waals surface area contributed by atoms with E-state index in [4.69, 9.17) is 34.0 Å². The molecule has 1 atom stereocenters. The van der Waals surface area contributed by atoms with Gasteiger partial charge in [0.1, 0.15) is 0 Å². The molecule has 0 saturated heterocycles. The minimum Gasteiger partial charge on any atom is -0.481 e. The maximum atomic E-state index is 10.4. The Labute approximate surface area is 97.8 Å². The van der Waals surface area contributed by atoms with Gasteiger partial charge in [-0.1, -0.05) is 29.3 Å². The SMILES string of the molecule is N[C@H](CCC(=O)O)c1ccc(Cl)c(Cl)c1. The van der Waals surface area contributed by atoms with E-state index in [0.717, 1.165) is 5.56 Å². The summed E-state index contributed by atoms with van der Waals surface area (Å²) >= 11 is 11.6. The van der Waals surface area contributed by atoms with Gasteiger partial charge in [0, 0.05) is 12.5 Å². The Hall–Kier alpha value is -0.770. The summed E-state index contributed by atoms with van der Waals surface area (Å²) < 4.78 is 0. The van der Waals surface area contributed by atoms with Crippen molar-refractivity contribution in [2.45, 2.75) is 18.9 Å². The quantitative estimate of drug-likeness (QED) is 0.861. The van der Waals surface area contributed by atoms with Gasteiger partial charge in [-0.25, -0.2) is 0 Å². The Balaban J connectivity index is 2.69. The predicted molar refractivity (Wildman–Crippen MR) is 60.3 cm³/mol. The zero-order valence-corrected chi connectivity index (χ0v) is 9.42. The maximum Gasteiger partial charge on any atom is 0.303 e. The average molecular weight is 248 g/mol. The molecule has 1 aromatic rings. The number of rotatable bonds is 4. The lowest BCUT2D eigenvalue weighted by Crippen LogP contribution is -2.12. The Morgan fingerprint density at radius 3 is 2.60 bits per heavy atom. The number of hydrogen-bond acceptors (Lipinski definition) is 2. The van der Waals surface area contributed by atoms with Crippen LogP contribution >= 0.6 is 23.2 Å². The van der Waals surface area contributed by atoms with E-state index >= 15 is 0 Å². The minimum absolute atomic E-state index is 0.0431. The first-order valence-electron chi connectivity index (χ1n) is 4.43. The van der Waals surface area contributed by atoms with Crippen LogP contribution in [0.15, 0.2) is 18.2 Å². The normalized spacial score (nSPS) is 12.5. The van der Waals surface area contributed by atoms with E-state index in [2.05, 4.69) is 0 Å². The lowest BCUT2D eigenvalue weighted by Gasteiger charge is -2.11. The molecular weight excluding hydrogens is 237 g/mol. The van der Waals surface area contributed by atoms with Gasteiger partial charge in [-0.15, -0.1) is 0 Å². The molecule has 0 fully saturated rings. The van der Waals surface area contributed by atoms with Crippen molar-refractivity contribution in [3.8, 4) is 0 Å². The van der Waals surface area contributed by atoms with Gasteiger partial charge in [-0.05, 0) is 24.1 Å². The van der Waals surface area contributed by atoms with Crippen molar-refractivity contribution in [1.29, 1.82) is 0 Å². The van der Waals surface area contributed by atoms with Gasteiger partial charge in [0.2, 0.25) is 0 Å². The molecule has 5 heteroatoms. The molecule has 3 nitrogen and oxygen atoms in total. The van der Waals surface area contributed by atoms with Crippen molar-refractivity contribution in [1.82, 2.24) is 0 Å². The van der Waals surface area contributed by atoms with E-state index < -0.39 is 5.97 Å². The molecule has 1 aromatic carbocycles. The molecule has 0 unspecified atom stereocenters. The van der Waals surface area contributed by atoms with E-state index in [9.17, 15) is 4.79 Å². The minimum atomic E-state index is -0.856. The van der Waals surface area contributed by atoms with E-state index in [0.29, 0.717) is 16.5 Å². The molecule has 0 radical (unpaired) electrons. The fraction of sp³-hybridized carbons (Fsp3) is 0.300. The van der Waals surface area contributed by atoms with Gasteiger partial charge >= 0.3 is 5.97 Å². The molecule has 1 rings (SSSR count). The highest BCUT2D eigenvalue weighted by molar-refractivity contribution is 6.42. The largest absolute Gasteiger partial charge is 0.481 e. The van der Waals surface area contributed by atoms with Gasteiger partial charge in [0.05, 0.1) is 10.0 Å². The van der Waals surface area contributed by atoms with Crippen molar-refractivity contribution < 1.29 is 9.90 Å². The summed E-state index contributed by atoms with van der Waals surface area (Å²) in [7, 11) is 0. The molecule has 15 heavy (non-hydrogen) atoms. The molecular formula is C10H11Cl2NO2. The standard InChI is InChI=1S/C10H11Cl2NO2/c11-7-2-1-6(5-8(7)12)9(13)3-4-10(14)15/h1-2,5,9H,3-4,13H2,(H,14,15)/t9-/m1/s1. The number of benzene rings is 1. The summed E-state index contributed by atoms with van der Waals surface area (Å²) in [5.41, 5.74) is 6.59. The summed E-state index contributed by atoms with van der Waals surface area (Å²) in [6, 6.07) is 4.74. The fourth-order valence-electron chi connectivity index (χ4n) is 1.19. The van der Waals surface area contributed by atoms with Crippen molar-refractivity contribution in [2.75, 3.05) is 0 Å². The van der Waals surface area contributed by atoms with E-state index in [1.54, 1.807) is 18.2 Å². The van der Waals surface area contributed by atoms with Gasteiger partial charge in [0.25, 0.3) is 0 Å². The summed E-state index contributed by atoms with van der Waals surface area (Å²) in [6.07, 6.45) is 0.425. The molecule has 0 heterocycles. The summed E-state index contributed by atoms with van der Waals surface area (Å²) in [5.74, 6) is -0.856. The second-order valence-corrected chi connectivity index (χ2v) is 4.03. The first-order valence-corrected chi connectivity index (χ1v) is 5.18. The molecule has 0 aliphatic heterocycles. The maximum absolute atomic E-state index is 10.4. The Bertz CT molecular complexity index is 368. The Kier molecular flexibility index (Phi) is 4.39. The first-order chi connectivity index (χ1) is 7.00. The zero-order chi connectivity index (χ0) is 11.4. The van der Waals surface area contributed by atoms with Gasteiger partial charge in [-0.2, -0.15) is 0 Å². The van der Waals surface area contributed by atoms with E-state index in [-0.39, 0.29) is 12.5 Å². The molecule has 0 saturated carbocycles. The predicted octanol–water partition coefficient (Wildman–Crippen LogP) is 2.86. The first kappa shape index (κ1) is 12.3. The van der Waals surface area contributed by atoms with Crippen LogP contribution in [0.4, 0.5) is 0 Å². The molecule has 3 N–H and O–H groups in total. The lowest BCUT2D eigenvalue weighted by molar-refractivity contribution is -0.137. The Morgan fingerprint density at radius 1 is 1.40 bits per heavy atom. The van der Waals surface area contributed by atoms with Crippen molar-refractivity contribution in [3.63, 3.8) is 0 Å². The molecule has 0 aromatic heterocycles. The molecule has 0 aliphatic carbocycles. The van der Waals surface area contributed by atoms with Crippen LogP contribution in [0, 0.1) is 0 Å². The molecule has 0 aliphatic rings. The molecule has 0 bridgehead atoms. The van der Waals surface area contributed by atoms with Crippen molar-refractivity contribution >= 4 is 29.2 Å². The van der Waals surface area contributed by atoms with E-state index in [1.165, 1.54) is 0 Å². The van der Waals surface area contributed by atoms with Gasteiger partial charge in [0.15, 0.2) is 0 Å². The highest BCUT2D eigenvalue weighted by atomic mass is 35.5. The third-order valence-electron chi connectivity index (χ3n) is 2.04. The fourth-order valence-corrected chi connectivity index (χ4v) is 1.50. The average Bonchev–Trinajstić information content (AvgIpc) is 2.18. The summed E-state index contributed by atoms with van der Waals surface area (Å²) in [4.78, 5) is 10.4.